The molecule has 98 valence electrons. The minimum atomic E-state index is -0.00839. The highest BCUT2D eigenvalue weighted by Crippen LogP contribution is 2.20. The van der Waals surface area contributed by atoms with Crippen molar-refractivity contribution in [1.29, 1.82) is 0 Å². The molecule has 0 aromatic heterocycles. The van der Waals surface area contributed by atoms with E-state index in [1.54, 1.807) is 0 Å². The summed E-state index contributed by atoms with van der Waals surface area (Å²) in [6.45, 7) is 8.38. The van der Waals surface area contributed by atoms with E-state index >= 15 is 0 Å². The van der Waals surface area contributed by atoms with Gasteiger partial charge in [-0.2, -0.15) is 0 Å². The smallest absolute Gasteiger partial charge is 0.0962 e. The number of rotatable bonds is 3. The molecule has 0 bridgehead atoms. The summed E-state index contributed by atoms with van der Waals surface area (Å²) >= 11 is 0. The summed E-state index contributed by atoms with van der Waals surface area (Å²) in [6.07, 6.45) is 5.99. The average Bonchev–Trinajstić information content (AvgIpc) is 2.26. The molecule has 6 N–H and O–H groups in total. The summed E-state index contributed by atoms with van der Waals surface area (Å²) in [7, 11) is 0. The van der Waals surface area contributed by atoms with Gasteiger partial charge < -0.3 is 22.1 Å². The standard InChI is InChI=1S/C13H26N4/c1-13(2,3)11(14)4-5-12(15)17-10-6-8-16-9-7-10/h4-5,10,16-17H,6-9,14-15H2,1-3H3/b11-4-,12-5+. The molecule has 0 radical (unpaired) electrons. The van der Waals surface area contributed by atoms with E-state index in [1.807, 2.05) is 12.2 Å². The molecule has 1 rings (SSSR count). The second-order valence-electron chi connectivity index (χ2n) is 5.66. The number of hydrogen-bond acceptors (Lipinski definition) is 4. The van der Waals surface area contributed by atoms with Gasteiger partial charge in [0.2, 0.25) is 0 Å². The van der Waals surface area contributed by atoms with E-state index in [0.29, 0.717) is 11.9 Å². The maximum absolute atomic E-state index is 5.96. The normalized spacial score (nSPS) is 20.4. The van der Waals surface area contributed by atoms with Gasteiger partial charge in [0.15, 0.2) is 0 Å². The molecule has 1 saturated heterocycles. The van der Waals surface area contributed by atoms with E-state index in [4.69, 9.17) is 11.5 Å². The van der Waals surface area contributed by atoms with Gasteiger partial charge in [-0.1, -0.05) is 20.8 Å². The molecule has 0 aromatic rings. The van der Waals surface area contributed by atoms with Crippen LogP contribution in [0.15, 0.2) is 23.7 Å². The highest BCUT2D eigenvalue weighted by atomic mass is 15.0. The van der Waals surface area contributed by atoms with Crippen LogP contribution in [0.25, 0.3) is 0 Å². The minimum absolute atomic E-state index is 0.00839. The van der Waals surface area contributed by atoms with E-state index in [-0.39, 0.29) is 5.41 Å². The van der Waals surface area contributed by atoms with Crippen LogP contribution >= 0.6 is 0 Å². The highest BCUT2D eigenvalue weighted by molar-refractivity contribution is 5.17. The molecule has 0 atom stereocenters. The van der Waals surface area contributed by atoms with Gasteiger partial charge in [-0.25, -0.2) is 0 Å². The van der Waals surface area contributed by atoms with Gasteiger partial charge in [0.1, 0.15) is 0 Å². The van der Waals surface area contributed by atoms with Crippen molar-refractivity contribution in [3.05, 3.63) is 23.7 Å². The lowest BCUT2D eigenvalue weighted by atomic mass is 9.92. The Kier molecular flexibility index (Phi) is 4.87. The van der Waals surface area contributed by atoms with E-state index in [1.165, 1.54) is 0 Å². The predicted octanol–water partition coefficient (Wildman–Crippen LogP) is 1.02. The largest absolute Gasteiger partial charge is 0.402 e. The summed E-state index contributed by atoms with van der Waals surface area (Å²) in [5, 5.41) is 6.65. The molecule has 4 heteroatoms. The third kappa shape index (κ3) is 5.13. The fourth-order valence-electron chi connectivity index (χ4n) is 1.68. The van der Waals surface area contributed by atoms with E-state index in [2.05, 4.69) is 31.4 Å². The molecule has 4 nitrogen and oxygen atoms in total. The summed E-state index contributed by atoms with van der Waals surface area (Å²) in [5.74, 6) is 0.698. The van der Waals surface area contributed by atoms with Crippen LogP contribution in [0.3, 0.4) is 0 Å². The Balaban J connectivity index is 2.48. The SMILES string of the molecule is CC(C)(C)/C(N)=C/C=C(\N)NC1CCNCC1. The molecule has 0 aromatic carbocycles. The summed E-state index contributed by atoms with van der Waals surface area (Å²) in [6, 6.07) is 0.483. The van der Waals surface area contributed by atoms with Gasteiger partial charge in [0.05, 0.1) is 5.82 Å². The van der Waals surface area contributed by atoms with E-state index in [0.717, 1.165) is 31.6 Å². The summed E-state index contributed by atoms with van der Waals surface area (Å²) < 4.78 is 0. The first-order valence-electron chi connectivity index (χ1n) is 6.30. The number of piperidine rings is 1. The number of nitrogens with two attached hydrogens (primary N) is 2. The number of nitrogens with one attached hydrogen (secondary N) is 2. The Hall–Kier alpha value is -1.16. The second kappa shape index (κ2) is 5.96. The molecule has 1 heterocycles. The molecule has 1 aliphatic rings. The molecule has 0 aliphatic carbocycles. The maximum atomic E-state index is 5.96. The topological polar surface area (TPSA) is 76.1 Å². The molecule has 0 saturated carbocycles. The molecule has 0 unspecified atom stereocenters. The van der Waals surface area contributed by atoms with E-state index in [9.17, 15) is 0 Å². The number of allylic oxidation sites excluding steroid dienone is 3. The van der Waals surface area contributed by atoms with Crippen LogP contribution in [0.2, 0.25) is 0 Å². The second-order valence-corrected chi connectivity index (χ2v) is 5.66. The maximum Gasteiger partial charge on any atom is 0.0962 e. The highest BCUT2D eigenvalue weighted by Gasteiger charge is 2.13. The van der Waals surface area contributed by atoms with Crippen LogP contribution in [-0.2, 0) is 0 Å². The van der Waals surface area contributed by atoms with Gasteiger partial charge in [-0.15, -0.1) is 0 Å². The number of hydrogen-bond donors (Lipinski definition) is 4. The molecule has 17 heavy (non-hydrogen) atoms. The molecule has 1 aliphatic heterocycles. The monoisotopic (exact) mass is 238 g/mol. The van der Waals surface area contributed by atoms with Gasteiger partial charge in [0.25, 0.3) is 0 Å². The van der Waals surface area contributed by atoms with Crippen molar-refractivity contribution < 1.29 is 0 Å². The van der Waals surface area contributed by atoms with Crippen molar-refractivity contribution >= 4 is 0 Å². The Labute approximate surface area is 105 Å². The van der Waals surface area contributed by atoms with Crippen molar-refractivity contribution in [3.8, 4) is 0 Å². The molecular formula is C13H26N4. The van der Waals surface area contributed by atoms with Crippen LogP contribution in [0.5, 0.6) is 0 Å². The quantitative estimate of drug-likeness (QED) is 0.554. The van der Waals surface area contributed by atoms with Crippen LogP contribution in [0.1, 0.15) is 33.6 Å². The van der Waals surface area contributed by atoms with Crippen LogP contribution < -0.4 is 22.1 Å². The van der Waals surface area contributed by atoms with E-state index < -0.39 is 0 Å². The summed E-state index contributed by atoms with van der Waals surface area (Å²) in [5.41, 5.74) is 12.7. The van der Waals surface area contributed by atoms with Crippen molar-refractivity contribution in [1.82, 2.24) is 10.6 Å². The average molecular weight is 238 g/mol. The first-order valence-corrected chi connectivity index (χ1v) is 6.30. The molecule has 0 amide bonds. The minimum Gasteiger partial charge on any atom is -0.402 e. The Morgan fingerprint density at radius 3 is 2.29 bits per heavy atom. The van der Waals surface area contributed by atoms with Gasteiger partial charge in [-0.05, 0) is 38.1 Å². The molecule has 1 fully saturated rings. The van der Waals surface area contributed by atoms with Crippen molar-refractivity contribution in [3.63, 3.8) is 0 Å². The third-order valence-electron chi connectivity index (χ3n) is 3.02. The summed E-state index contributed by atoms with van der Waals surface area (Å²) in [4.78, 5) is 0. The van der Waals surface area contributed by atoms with Crippen molar-refractivity contribution in [2.24, 2.45) is 16.9 Å². The Morgan fingerprint density at radius 2 is 1.76 bits per heavy atom. The van der Waals surface area contributed by atoms with Crippen molar-refractivity contribution in [2.75, 3.05) is 13.1 Å². The molecular weight excluding hydrogens is 212 g/mol. The zero-order chi connectivity index (χ0) is 12.9. The van der Waals surface area contributed by atoms with Gasteiger partial charge >= 0.3 is 0 Å². The van der Waals surface area contributed by atoms with Gasteiger partial charge in [0, 0.05) is 17.2 Å². The van der Waals surface area contributed by atoms with Gasteiger partial charge in [-0.3, -0.25) is 0 Å². The first-order chi connectivity index (χ1) is 7.89. The first kappa shape index (κ1) is 13.9. The third-order valence-corrected chi connectivity index (χ3v) is 3.02. The fraction of sp³-hybridized carbons (Fsp3) is 0.692. The van der Waals surface area contributed by atoms with Crippen LogP contribution in [-0.4, -0.2) is 19.1 Å². The zero-order valence-corrected chi connectivity index (χ0v) is 11.2. The Bertz CT molecular complexity index is 293. The van der Waals surface area contributed by atoms with Crippen LogP contribution in [0.4, 0.5) is 0 Å². The fourth-order valence-corrected chi connectivity index (χ4v) is 1.68. The lowest BCUT2D eigenvalue weighted by Crippen LogP contribution is -2.41. The molecule has 0 spiro atoms. The zero-order valence-electron chi connectivity index (χ0n) is 11.2. The lowest BCUT2D eigenvalue weighted by molar-refractivity contribution is 0.410. The lowest BCUT2D eigenvalue weighted by Gasteiger charge is -2.24. The van der Waals surface area contributed by atoms with Crippen LogP contribution in [0, 0.1) is 5.41 Å². The Morgan fingerprint density at radius 1 is 1.18 bits per heavy atom. The van der Waals surface area contributed by atoms with Crippen molar-refractivity contribution in [2.45, 2.75) is 39.7 Å². The predicted molar refractivity (Wildman–Crippen MR) is 73.0 cm³/mol.